The smallest absolute Gasteiger partial charge is 0.379 e. The zero-order chi connectivity index (χ0) is 22.5. The number of unbranched alkanes of at least 4 members (excludes halogenated alkanes) is 1. The number of furan rings is 1. The number of benzene rings is 2. The molecule has 0 spiro atoms. The molecule has 0 saturated heterocycles. The number of hydrogen-bond acceptors (Lipinski definition) is 7. The van der Waals surface area contributed by atoms with Gasteiger partial charge in [0.25, 0.3) is 0 Å². The summed E-state index contributed by atoms with van der Waals surface area (Å²) in [5.74, 6) is 0.531. The Balaban J connectivity index is 1.62. The second-order valence-corrected chi connectivity index (χ2v) is 7.26. The molecule has 7 heteroatoms. The number of nitrogens with two attached hydrogens (primary N) is 1. The van der Waals surface area contributed by atoms with E-state index in [-0.39, 0.29) is 17.4 Å². The van der Waals surface area contributed by atoms with E-state index in [0.717, 1.165) is 29.7 Å². The van der Waals surface area contributed by atoms with Crippen LogP contribution in [0.25, 0.3) is 0 Å². The van der Waals surface area contributed by atoms with Crippen molar-refractivity contribution < 1.29 is 23.4 Å². The molecule has 7 nitrogen and oxygen atoms in total. The maximum absolute atomic E-state index is 12.2. The van der Waals surface area contributed by atoms with Crippen molar-refractivity contribution in [3.8, 4) is 23.3 Å². The average Bonchev–Trinajstić information content (AvgIpc) is 3.34. The molecule has 2 heterocycles. The third kappa shape index (κ3) is 4.30. The molecule has 32 heavy (non-hydrogen) atoms. The summed E-state index contributed by atoms with van der Waals surface area (Å²) in [5.41, 5.74) is 7.99. The highest BCUT2D eigenvalue weighted by Crippen LogP contribution is 2.43. The van der Waals surface area contributed by atoms with Gasteiger partial charge < -0.3 is 24.4 Å². The quantitative estimate of drug-likeness (QED) is 0.323. The first-order valence-electron chi connectivity index (χ1n) is 10.3. The van der Waals surface area contributed by atoms with Crippen LogP contribution in [0.2, 0.25) is 0 Å². The number of nitriles is 1. The first-order chi connectivity index (χ1) is 15.6. The number of fused-ring (bicyclic) bond motifs is 1. The molecule has 0 aliphatic carbocycles. The van der Waals surface area contributed by atoms with Gasteiger partial charge in [-0.25, -0.2) is 4.79 Å². The highest BCUT2D eigenvalue weighted by Gasteiger charge is 2.31. The molecule has 0 bridgehead atoms. The lowest BCUT2D eigenvalue weighted by atomic mass is 9.83. The number of nitrogens with zero attached hydrogens (tertiary/aromatic N) is 1. The summed E-state index contributed by atoms with van der Waals surface area (Å²) < 4.78 is 21.8. The van der Waals surface area contributed by atoms with Crippen LogP contribution in [-0.2, 0) is 0 Å². The third-order valence-corrected chi connectivity index (χ3v) is 5.10. The number of carbonyl (C=O) groups is 1. The van der Waals surface area contributed by atoms with Crippen molar-refractivity contribution >= 4 is 5.97 Å². The summed E-state index contributed by atoms with van der Waals surface area (Å²) in [4.78, 5) is 12.2. The van der Waals surface area contributed by atoms with E-state index in [0.29, 0.717) is 17.9 Å². The Hall–Kier alpha value is -4.18. The number of hydrogen-bond donors (Lipinski definition) is 1. The van der Waals surface area contributed by atoms with Crippen molar-refractivity contribution in [2.75, 3.05) is 6.61 Å². The molecule has 162 valence electrons. The predicted molar refractivity (Wildman–Crippen MR) is 116 cm³/mol. The van der Waals surface area contributed by atoms with Gasteiger partial charge in [-0.05, 0) is 42.3 Å². The van der Waals surface area contributed by atoms with Crippen LogP contribution in [0, 0.1) is 11.3 Å². The number of rotatable bonds is 7. The molecule has 0 amide bonds. The Kier molecular flexibility index (Phi) is 6.13. The largest absolute Gasteiger partial charge is 0.494 e. The molecule has 2 N–H and O–H groups in total. The minimum atomic E-state index is -0.623. The molecule has 3 aromatic rings. The Morgan fingerprint density at radius 2 is 1.94 bits per heavy atom. The molecule has 0 radical (unpaired) electrons. The number of allylic oxidation sites excluding steroid dienone is 1. The van der Waals surface area contributed by atoms with Crippen molar-refractivity contribution in [3.63, 3.8) is 0 Å². The maximum atomic E-state index is 12.2. The first-order valence-corrected chi connectivity index (χ1v) is 10.3. The third-order valence-electron chi connectivity index (χ3n) is 5.10. The second-order valence-electron chi connectivity index (χ2n) is 7.26. The zero-order valence-corrected chi connectivity index (χ0v) is 17.5. The van der Waals surface area contributed by atoms with Crippen molar-refractivity contribution in [3.05, 3.63) is 89.2 Å². The van der Waals surface area contributed by atoms with Crippen LogP contribution in [-0.4, -0.2) is 12.6 Å². The van der Waals surface area contributed by atoms with Gasteiger partial charge in [-0.15, -0.1) is 0 Å². The summed E-state index contributed by atoms with van der Waals surface area (Å²) in [6.45, 7) is 2.77. The Labute approximate surface area is 185 Å². The number of carbonyl (C=O) groups excluding carboxylic acids is 1. The van der Waals surface area contributed by atoms with Gasteiger partial charge in [0.15, 0.2) is 0 Å². The molecule has 2 aromatic carbocycles. The lowest BCUT2D eigenvalue weighted by Gasteiger charge is -2.26. The molecule has 0 fully saturated rings. The van der Waals surface area contributed by atoms with E-state index in [1.165, 1.54) is 12.3 Å². The summed E-state index contributed by atoms with van der Waals surface area (Å²) in [7, 11) is 0. The minimum Gasteiger partial charge on any atom is -0.494 e. The molecule has 1 aromatic heterocycles. The van der Waals surface area contributed by atoms with Crippen molar-refractivity contribution in [2.24, 2.45) is 5.73 Å². The van der Waals surface area contributed by atoms with E-state index in [1.807, 2.05) is 24.3 Å². The number of esters is 1. The molecular formula is C25H22N2O5. The summed E-state index contributed by atoms with van der Waals surface area (Å²) in [5, 5.41) is 9.72. The van der Waals surface area contributed by atoms with Crippen molar-refractivity contribution in [1.29, 1.82) is 5.26 Å². The molecule has 0 saturated carbocycles. The van der Waals surface area contributed by atoms with Gasteiger partial charge in [0.1, 0.15) is 28.9 Å². The van der Waals surface area contributed by atoms with Gasteiger partial charge in [-0.2, -0.15) is 5.26 Å². The van der Waals surface area contributed by atoms with Gasteiger partial charge in [-0.1, -0.05) is 31.5 Å². The van der Waals surface area contributed by atoms with Crippen LogP contribution in [0.5, 0.6) is 17.2 Å². The molecule has 1 aliphatic rings. The highest BCUT2D eigenvalue weighted by atomic mass is 16.5. The van der Waals surface area contributed by atoms with Gasteiger partial charge >= 0.3 is 5.97 Å². The Bertz CT molecular complexity index is 1170. The highest BCUT2D eigenvalue weighted by molar-refractivity contribution is 5.88. The number of ether oxygens (including phenoxy) is 3. The van der Waals surface area contributed by atoms with E-state index >= 15 is 0 Å². The topological polar surface area (TPSA) is 108 Å². The summed E-state index contributed by atoms with van der Waals surface area (Å²) in [6.07, 6.45) is 3.44. The molecule has 1 atom stereocenters. The lowest BCUT2D eigenvalue weighted by Crippen LogP contribution is -2.21. The maximum Gasteiger partial charge on any atom is 0.379 e. The van der Waals surface area contributed by atoms with Gasteiger partial charge in [0.2, 0.25) is 11.6 Å². The normalized spacial score (nSPS) is 14.8. The fourth-order valence-electron chi connectivity index (χ4n) is 3.49. The Morgan fingerprint density at radius 1 is 1.16 bits per heavy atom. The van der Waals surface area contributed by atoms with E-state index in [1.54, 1.807) is 24.3 Å². The summed E-state index contributed by atoms with van der Waals surface area (Å²) >= 11 is 0. The van der Waals surface area contributed by atoms with Crippen LogP contribution in [0.4, 0.5) is 0 Å². The molecular weight excluding hydrogens is 408 g/mol. The standard InChI is InChI=1S/C25H22N2O5/c1-2-3-12-29-17-8-6-16(7-9-17)23-19-11-10-18(31-25(28)21-5-4-13-30-21)14-22(19)32-24(27)20(23)15-26/h4-11,13-14,23H,2-3,12,27H2,1H3. The first kappa shape index (κ1) is 21.1. The van der Waals surface area contributed by atoms with Crippen molar-refractivity contribution in [2.45, 2.75) is 25.7 Å². The predicted octanol–water partition coefficient (Wildman–Crippen LogP) is 4.90. The molecule has 1 unspecified atom stereocenters. The van der Waals surface area contributed by atoms with E-state index in [2.05, 4.69) is 13.0 Å². The van der Waals surface area contributed by atoms with E-state index < -0.39 is 11.9 Å². The summed E-state index contributed by atoms with van der Waals surface area (Å²) in [6, 6.07) is 17.9. The van der Waals surface area contributed by atoms with Crippen LogP contribution in [0.3, 0.4) is 0 Å². The molecule has 4 rings (SSSR count). The monoisotopic (exact) mass is 430 g/mol. The van der Waals surface area contributed by atoms with Gasteiger partial charge in [-0.3, -0.25) is 0 Å². The van der Waals surface area contributed by atoms with E-state index in [4.69, 9.17) is 24.4 Å². The SMILES string of the molecule is CCCCOc1ccc(C2C(C#N)=C(N)Oc3cc(OC(=O)c4ccco4)ccc32)cc1. The lowest BCUT2D eigenvalue weighted by molar-refractivity contribution is 0.0701. The van der Waals surface area contributed by atoms with Crippen LogP contribution < -0.4 is 19.9 Å². The van der Waals surface area contributed by atoms with Crippen LogP contribution in [0.1, 0.15) is 47.4 Å². The van der Waals surface area contributed by atoms with Gasteiger partial charge in [0.05, 0.1) is 18.8 Å². The second kappa shape index (κ2) is 9.31. The fourth-order valence-corrected chi connectivity index (χ4v) is 3.49. The molecule has 1 aliphatic heterocycles. The van der Waals surface area contributed by atoms with Gasteiger partial charge in [0, 0.05) is 11.6 Å². The minimum absolute atomic E-state index is 0.0165. The average molecular weight is 430 g/mol. The van der Waals surface area contributed by atoms with Crippen molar-refractivity contribution in [1.82, 2.24) is 0 Å². The van der Waals surface area contributed by atoms with Crippen LogP contribution >= 0.6 is 0 Å². The fraction of sp³-hybridized carbons (Fsp3) is 0.200. The van der Waals surface area contributed by atoms with Crippen LogP contribution in [0.15, 0.2) is 76.7 Å². The Morgan fingerprint density at radius 3 is 2.62 bits per heavy atom. The van der Waals surface area contributed by atoms with E-state index in [9.17, 15) is 10.1 Å². The zero-order valence-electron chi connectivity index (χ0n) is 17.5.